The van der Waals surface area contributed by atoms with Gasteiger partial charge in [0.25, 0.3) is 0 Å². The van der Waals surface area contributed by atoms with Crippen molar-refractivity contribution in [3.63, 3.8) is 0 Å². The van der Waals surface area contributed by atoms with Crippen molar-refractivity contribution < 1.29 is 14.4 Å². The van der Waals surface area contributed by atoms with E-state index in [1.54, 1.807) is 34.3 Å². The molecule has 1 atom stereocenters. The summed E-state index contributed by atoms with van der Waals surface area (Å²) in [7, 11) is 0. The van der Waals surface area contributed by atoms with Gasteiger partial charge in [-0.05, 0) is 54.3 Å². The summed E-state index contributed by atoms with van der Waals surface area (Å²) in [5.74, 6) is 2.38. The van der Waals surface area contributed by atoms with E-state index in [1.165, 1.54) is 0 Å². The summed E-state index contributed by atoms with van der Waals surface area (Å²) in [5, 5.41) is 6.30. The molecule has 2 saturated heterocycles. The molecule has 11 nitrogen and oxygen atoms in total. The molecule has 4 heterocycles. The number of likely N-dealkylation sites (tertiary alicyclic amines) is 1. The number of nitrogens with one attached hydrogen (secondary N) is 2. The van der Waals surface area contributed by atoms with Gasteiger partial charge in [-0.1, -0.05) is 35.7 Å². The highest BCUT2D eigenvalue weighted by molar-refractivity contribution is 6.33. The summed E-state index contributed by atoms with van der Waals surface area (Å²) in [5.41, 5.74) is 10.5. The number of terminal acetylenes is 1. The van der Waals surface area contributed by atoms with Crippen molar-refractivity contribution in [2.45, 2.75) is 37.9 Å². The maximum Gasteiger partial charge on any atom is 0.322 e. The molecule has 6 rings (SSSR count). The van der Waals surface area contributed by atoms with Crippen LogP contribution in [-0.4, -0.2) is 89.0 Å². The zero-order valence-electron chi connectivity index (χ0n) is 25.5. The van der Waals surface area contributed by atoms with Crippen LogP contribution in [0.25, 0.3) is 0 Å². The number of hydrogen-bond acceptors (Lipinski definition) is 6. The number of nitrogen functional groups attached to an aromatic ring is 1. The van der Waals surface area contributed by atoms with Gasteiger partial charge < -0.3 is 36.0 Å². The predicted octanol–water partition coefficient (Wildman–Crippen LogP) is 3.78. The van der Waals surface area contributed by atoms with E-state index in [0.717, 1.165) is 16.9 Å². The molecule has 4 N–H and O–H groups in total. The number of urea groups is 2. The number of pyridine rings is 1. The molecule has 0 unspecified atom stereocenters. The van der Waals surface area contributed by atoms with Crippen LogP contribution in [0, 0.1) is 12.3 Å². The van der Waals surface area contributed by atoms with Crippen molar-refractivity contribution in [1.29, 1.82) is 0 Å². The molecule has 1 aromatic heterocycles. The minimum Gasteiger partial charge on any atom is -0.397 e. The smallest absolute Gasteiger partial charge is 0.322 e. The highest BCUT2D eigenvalue weighted by atomic mass is 35.5. The van der Waals surface area contributed by atoms with E-state index in [4.69, 9.17) is 23.8 Å². The average molecular weight is 641 g/mol. The fourth-order valence-electron chi connectivity index (χ4n) is 6.45. The van der Waals surface area contributed by atoms with E-state index in [1.807, 2.05) is 41.3 Å². The molecule has 238 valence electrons. The molecule has 3 aliphatic heterocycles. The normalized spacial score (nSPS) is 17.5. The number of hydrogen-bond donors (Lipinski definition) is 3. The zero-order valence-corrected chi connectivity index (χ0v) is 26.2. The lowest BCUT2D eigenvalue weighted by Crippen LogP contribution is -2.58. The molecule has 12 heteroatoms. The van der Waals surface area contributed by atoms with Gasteiger partial charge in [-0.25, -0.2) is 9.59 Å². The number of fused-ring (bicyclic) bond motifs is 1. The van der Waals surface area contributed by atoms with E-state index >= 15 is 0 Å². The number of anilines is 3. The Morgan fingerprint density at radius 2 is 1.76 bits per heavy atom. The maximum atomic E-state index is 14.0. The minimum absolute atomic E-state index is 0.00521. The third kappa shape index (κ3) is 6.67. The van der Waals surface area contributed by atoms with Gasteiger partial charge in [-0.3, -0.25) is 9.78 Å². The first-order chi connectivity index (χ1) is 22.3. The Morgan fingerprint density at radius 1 is 1.04 bits per heavy atom. The van der Waals surface area contributed by atoms with Crippen molar-refractivity contribution in [2.24, 2.45) is 0 Å². The van der Waals surface area contributed by atoms with Gasteiger partial charge in [-0.2, -0.15) is 0 Å². The quantitative estimate of drug-likeness (QED) is 0.278. The first kappa shape index (κ1) is 31.0. The summed E-state index contributed by atoms with van der Waals surface area (Å²) in [6.45, 7) is 3.80. The molecule has 0 bridgehead atoms. The lowest BCUT2D eigenvalue weighted by atomic mass is 10.00. The van der Waals surface area contributed by atoms with Gasteiger partial charge in [0.15, 0.2) is 0 Å². The number of nitrogens with two attached hydrogens (primary N) is 1. The standard InChI is InChI=1S/C34H37ClN8O3/c1-2-24-19-23(20-28(35)31(24)36)21-30(32(44)41-17-15-40(16-18-41)26-7-11-37-12-8-26)39-33(45)42-13-9-27(10-14-42)43-22-25-5-3-4-6-29(25)38-34(43)46/h1,3-8,11-12,19-20,27,30H,9-10,13-18,21-22,36H2,(H,38,46)(H,39,45)/t30-/m1/s1. The number of piperidine rings is 1. The van der Waals surface area contributed by atoms with Crippen LogP contribution in [-0.2, 0) is 17.8 Å². The summed E-state index contributed by atoms with van der Waals surface area (Å²) in [4.78, 5) is 52.1. The number of nitrogens with zero attached hydrogens (tertiary/aromatic N) is 5. The topological polar surface area (TPSA) is 127 Å². The predicted molar refractivity (Wildman–Crippen MR) is 178 cm³/mol. The van der Waals surface area contributed by atoms with Crippen LogP contribution in [0.15, 0.2) is 60.9 Å². The molecule has 0 aliphatic carbocycles. The van der Waals surface area contributed by atoms with Gasteiger partial charge >= 0.3 is 12.1 Å². The summed E-state index contributed by atoms with van der Waals surface area (Å²) >= 11 is 6.37. The van der Waals surface area contributed by atoms with Gasteiger partial charge in [-0.15, -0.1) is 6.42 Å². The average Bonchev–Trinajstić information content (AvgIpc) is 3.09. The second-order valence-corrected chi connectivity index (χ2v) is 12.2. The van der Waals surface area contributed by atoms with Crippen molar-refractivity contribution >= 4 is 46.6 Å². The van der Waals surface area contributed by atoms with Crippen molar-refractivity contribution in [3.05, 3.63) is 82.6 Å². The monoisotopic (exact) mass is 640 g/mol. The number of rotatable bonds is 6. The Morgan fingerprint density at radius 3 is 2.48 bits per heavy atom. The molecule has 5 amide bonds. The second-order valence-electron chi connectivity index (χ2n) is 11.8. The Bertz CT molecular complexity index is 1650. The van der Waals surface area contributed by atoms with Crippen LogP contribution >= 0.6 is 11.6 Å². The van der Waals surface area contributed by atoms with Gasteiger partial charge in [0.2, 0.25) is 5.91 Å². The van der Waals surface area contributed by atoms with Crippen LogP contribution in [0.4, 0.5) is 26.7 Å². The number of carbonyl (C=O) groups is 3. The fraction of sp³-hybridized carbons (Fsp3) is 0.353. The van der Waals surface area contributed by atoms with Crippen LogP contribution in [0.1, 0.15) is 29.5 Å². The Kier molecular flexibility index (Phi) is 9.17. The first-order valence-corrected chi connectivity index (χ1v) is 15.9. The summed E-state index contributed by atoms with van der Waals surface area (Å²) in [6, 6.07) is 13.8. The van der Waals surface area contributed by atoms with Crippen LogP contribution in [0.2, 0.25) is 5.02 Å². The molecular formula is C34H37ClN8O3. The van der Waals surface area contributed by atoms with Gasteiger partial charge in [0.05, 0.1) is 10.7 Å². The SMILES string of the molecule is C#Cc1cc(C[C@@H](NC(=O)N2CCC(N3Cc4ccccc4NC3=O)CC2)C(=O)N2CCN(c3ccncc3)CC2)cc(Cl)c1N. The number of amides is 5. The molecular weight excluding hydrogens is 604 g/mol. The number of halogens is 1. The molecule has 3 aliphatic rings. The van der Waals surface area contributed by atoms with E-state index in [9.17, 15) is 14.4 Å². The van der Waals surface area contributed by atoms with Crippen LogP contribution < -0.4 is 21.3 Å². The lowest BCUT2D eigenvalue weighted by Gasteiger charge is -2.41. The van der Waals surface area contributed by atoms with Crippen molar-refractivity contribution in [1.82, 2.24) is 25.0 Å². The van der Waals surface area contributed by atoms with Gasteiger partial charge in [0.1, 0.15) is 6.04 Å². The highest BCUT2D eigenvalue weighted by Gasteiger charge is 2.35. The molecule has 0 spiro atoms. The lowest BCUT2D eigenvalue weighted by molar-refractivity contribution is -0.133. The maximum absolute atomic E-state index is 14.0. The number of aromatic nitrogens is 1. The zero-order chi connectivity index (χ0) is 32.2. The van der Waals surface area contributed by atoms with Crippen molar-refractivity contribution in [3.8, 4) is 12.3 Å². The van der Waals surface area contributed by atoms with E-state index < -0.39 is 6.04 Å². The molecule has 2 fully saturated rings. The number of carbonyl (C=O) groups excluding carboxylic acids is 3. The number of para-hydroxylation sites is 1. The largest absolute Gasteiger partial charge is 0.397 e. The van der Waals surface area contributed by atoms with Crippen LogP contribution in [0.5, 0.6) is 0 Å². The van der Waals surface area contributed by atoms with E-state index in [2.05, 4.69) is 26.4 Å². The number of benzene rings is 2. The molecule has 2 aromatic carbocycles. The first-order valence-electron chi connectivity index (χ1n) is 15.5. The Hall–Kier alpha value is -4.95. The Balaban J connectivity index is 1.12. The third-order valence-corrected chi connectivity index (χ3v) is 9.37. The van der Waals surface area contributed by atoms with Gasteiger partial charge in [0, 0.05) is 87.6 Å². The van der Waals surface area contributed by atoms with E-state index in [-0.39, 0.29) is 30.4 Å². The number of piperazine rings is 1. The fourth-order valence-corrected chi connectivity index (χ4v) is 6.69. The highest BCUT2D eigenvalue weighted by Crippen LogP contribution is 2.28. The molecule has 46 heavy (non-hydrogen) atoms. The minimum atomic E-state index is -0.840. The molecule has 0 saturated carbocycles. The van der Waals surface area contributed by atoms with Crippen LogP contribution in [0.3, 0.4) is 0 Å². The summed E-state index contributed by atoms with van der Waals surface area (Å²) < 4.78 is 0. The van der Waals surface area contributed by atoms with Crippen molar-refractivity contribution in [2.75, 3.05) is 55.2 Å². The Labute approximate surface area is 273 Å². The molecule has 3 aromatic rings. The second kappa shape index (κ2) is 13.6. The van der Waals surface area contributed by atoms with E-state index in [0.29, 0.717) is 80.5 Å². The summed E-state index contributed by atoms with van der Waals surface area (Å²) in [6.07, 6.45) is 10.6. The molecule has 0 radical (unpaired) electrons. The third-order valence-electron chi connectivity index (χ3n) is 9.05.